The van der Waals surface area contributed by atoms with Crippen molar-refractivity contribution in [3.63, 3.8) is 0 Å². The molecule has 1 atom stereocenters. The lowest BCUT2D eigenvalue weighted by Crippen LogP contribution is -2.54. The standard InChI is InChI=1S/C30H35FN2O2S/c1-22-11-10-14-24(17-22)20-36-21-28(34)33(19-25-15-8-9-16-26(25)31)27(29(35)32-30(2,3)4)18-23-12-6-5-7-13-23/h5-17,27H,18-21H2,1-4H3,(H,32,35). The average Bonchev–Trinajstić information content (AvgIpc) is 2.82. The van der Waals surface area contributed by atoms with Crippen LogP contribution < -0.4 is 5.32 Å². The molecule has 0 saturated carbocycles. The average molecular weight is 507 g/mol. The van der Waals surface area contributed by atoms with Crippen molar-refractivity contribution in [2.24, 2.45) is 0 Å². The number of hydrogen-bond donors (Lipinski definition) is 1. The van der Waals surface area contributed by atoms with Crippen molar-refractivity contribution in [1.82, 2.24) is 10.2 Å². The number of amides is 2. The third kappa shape index (κ3) is 8.52. The summed E-state index contributed by atoms with van der Waals surface area (Å²) in [6, 6.07) is 23.4. The zero-order chi connectivity index (χ0) is 26.1. The van der Waals surface area contributed by atoms with Crippen LogP contribution in [0.5, 0.6) is 0 Å². The van der Waals surface area contributed by atoms with Crippen LogP contribution in [0.2, 0.25) is 0 Å². The minimum absolute atomic E-state index is 0.0194. The summed E-state index contributed by atoms with van der Waals surface area (Å²) in [5.41, 5.74) is 3.15. The van der Waals surface area contributed by atoms with E-state index in [1.165, 1.54) is 28.3 Å². The van der Waals surface area contributed by atoms with E-state index in [1.54, 1.807) is 18.2 Å². The molecule has 0 radical (unpaired) electrons. The number of hydrogen-bond acceptors (Lipinski definition) is 3. The van der Waals surface area contributed by atoms with E-state index in [9.17, 15) is 14.0 Å². The van der Waals surface area contributed by atoms with Gasteiger partial charge < -0.3 is 10.2 Å². The van der Waals surface area contributed by atoms with E-state index in [1.807, 2.05) is 76.2 Å². The minimum Gasteiger partial charge on any atom is -0.350 e. The first-order valence-corrected chi connectivity index (χ1v) is 13.3. The fourth-order valence-corrected chi connectivity index (χ4v) is 4.82. The van der Waals surface area contributed by atoms with Crippen LogP contribution in [0, 0.1) is 12.7 Å². The van der Waals surface area contributed by atoms with Gasteiger partial charge in [0, 0.05) is 29.8 Å². The van der Waals surface area contributed by atoms with Gasteiger partial charge in [0.05, 0.1) is 5.75 Å². The number of rotatable bonds is 10. The zero-order valence-electron chi connectivity index (χ0n) is 21.5. The van der Waals surface area contributed by atoms with Crippen LogP contribution in [-0.4, -0.2) is 34.0 Å². The van der Waals surface area contributed by atoms with Crippen molar-refractivity contribution in [3.8, 4) is 0 Å². The molecule has 190 valence electrons. The third-order valence-corrected chi connectivity index (χ3v) is 6.63. The monoisotopic (exact) mass is 506 g/mol. The summed E-state index contributed by atoms with van der Waals surface area (Å²) in [7, 11) is 0. The molecule has 0 bridgehead atoms. The number of benzene rings is 3. The first-order chi connectivity index (χ1) is 17.1. The Kier molecular flexibility index (Phi) is 9.71. The Morgan fingerprint density at radius 2 is 1.61 bits per heavy atom. The highest BCUT2D eigenvalue weighted by atomic mass is 32.2. The van der Waals surface area contributed by atoms with Crippen molar-refractivity contribution in [3.05, 3.63) is 107 Å². The van der Waals surface area contributed by atoms with Gasteiger partial charge in [0.25, 0.3) is 0 Å². The molecule has 3 rings (SSSR count). The van der Waals surface area contributed by atoms with Gasteiger partial charge in [-0.3, -0.25) is 9.59 Å². The van der Waals surface area contributed by atoms with Crippen molar-refractivity contribution >= 4 is 23.6 Å². The number of halogens is 1. The van der Waals surface area contributed by atoms with Gasteiger partial charge in [-0.1, -0.05) is 78.4 Å². The van der Waals surface area contributed by atoms with E-state index in [-0.39, 0.29) is 24.1 Å². The lowest BCUT2D eigenvalue weighted by Gasteiger charge is -2.34. The molecule has 0 spiro atoms. The number of nitrogens with one attached hydrogen (secondary N) is 1. The largest absolute Gasteiger partial charge is 0.350 e. The van der Waals surface area contributed by atoms with Crippen molar-refractivity contribution in [2.75, 3.05) is 5.75 Å². The topological polar surface area (TPSA) is 49.4 Å². The highest BCUT2D eigenvalue weighted by molar-refractivity contribution is 7.99. The van der Waals surface area contributed by atoms with Crippen molar-refractivity contribution in [1.29, 1.82) is 0 Å². The molecule has 2 amide bonds. The quantitative estimate of drug-likeness (QED) is 0.371. The summed E-state index contributed by atoms with van der Waals surface area (Å²) >= 11 is 1.50. The van der Waals surface area contributed by atoms with Gasteiger partial charge in [-0.2, -0.15) is 0 Å². The Balaban J connectivity index is 1.88. The van der Waals surface area contributed by atoms with Crippen LogP contribution in [0.3, 0.4) is 0 Å². The highest BCUT2D eigenvalue weighted by Crippen LogP contribution is 2.20. The first kappa shape index (κ1) is 27.5. The summed E-state index contributed by atoms with van der Waals surface area (Å²) in [6.07, 6.45) is 0.339. The summed E-state index contributed by atoms with van der Waals surface area (Å²) in [6.45, 7) is 7.78. The molecule has 0 aromatic heterocycles. The van der Waals surface area contributed by atoms with Gasteiger partial charge in [0.2, 0.25) is 11.8 Å². The van der Waals surface area contributed by atoms with Gasteiger partial charge in [-0.05, 0) is 44.9 Å². The highest BCUT2D eigenvalue weighted by Gasteiger charge is 2.32. The Morgan fingerprint density at radius 1 is 0.944 bits per heavy atom. The lowest BCUT2D eigenvalue weighted by atomic mass is 10.0. The molecule has 4 nitrogen and oxygen atoms in total. The molecule has 0 aliphatic heterocycles. The SMILES string of the molecule is Cc1cccc(CSCC(=O)N(Cc2ccccc2F)C(Cc2ccccc2)C(=O)NC(C)(C)C)c1. The maximum atomic E-state index is 14.6. The third-order valence-electron chi connectivity index (χ3n) is 5.64. The van der Waals surface area contributed by atoms with Crippen LogP contribution in [0.4, 0.5) is 4.39 Å². The lowest BCUT2D eigenvalue weighted by molar-refractivity contribution is -0.140. The summed E-state index contributed by atoms with van der Waals surface area (Å²) in [5.74, 6) is 0.0349. The molecule has 3 aromatic carbocycles. The number of thioether (sulfide) groups is 1. The first-order valence-electron chi connectivity index (χ1n) is 12.1. The molecular formula is C30H35FN2O2S. The summed E-state index contributed by atoms with van der Waals surface area (Å²) in [5, 5.41) is 3.03. The molecule has 0 fully saturated rings. The predicted octanol–water partition coefficient (Wildman–Crippen LogP) is 5.92. The molecule has 3 aromatic rings. The second kappa shape index (κ2) is 12.7. The van der Waals surface area contributed by atoms with Crippen LogP contribution in [-0.2, 0) is 28.3 Å². The maximum Gasteiger partial charge on any atom is 0.243 e. The molecule has 1 N–H and O–H groups in total. The smallest absolute Gasteiger partial charge is 0.243 e. The molecule has 0 aliphatic rings. The molecule has 1 unspecified atom stereocenters. The van der Waals surface area contributed by atoms with Crippen LogP contribution in [0.1, 0.15) is 43.0 Å². The summed E-state index contributed by atoms with van der Waals surface area (Å²) < 4.78 is 14.6. The van der Waals surface area contributed by atoms with Gasteiger partial charge in [0.15, 0.2) is 0 Å². The van der Waals surface area contributed by atoms with Crippen LogP contribution in [0.25, 0.3) is 0 Å². The number of aryl methyl sites for hydroxylation is 1. The second-order valence-corrected chi connectivity index (χ2v) is 11.0. The summed E-state index contributed by atoms with van der Waals surface area (Å²) in [4.78, 5) is 28.7. The van der Waals surface area contributed by atoms with Gasteiger partial charge >= 0.3 is 0 Å². The Hall–Kier alpha value is -3.12. The Bertz CT molecular complexity index is 1160. The predicted molar refractivity (Wildman–Crippen MR) is 146 cm³/mol. The minimum atomic E-state index is -0.779. The van der Waals surface area contributed by atoms with Crippen LogP contribution >= 0.6 is 11.8 Å². The number of carbonyl (C=O) groups is 2. The zero-order valence-corrected chi connectivity index (χ0v) is 22.3. The maximum absolute atomic E-state index is 14.6. The molecule has 0 heterocycles. The van der Waals surface area contributed by atoms with E-state index in [2.05, 4.69) is 11.4 Å². The Labute approximate surface area is 218 Å². The van der Waals surface area contributed by atoms with Crippen LogP contribution in [0.15, 0.2) is 78.9 Å². The Morgan fingerprint density at radius 3 is 2.28 bits per heavy atom. The second-order valence-electron chi connectivity index (χ2n) is 10.0. The number of carbonyl (C=O) groups excluding carboxylic acids is 2. The fourth-order valence-electron chi connectivity index (χ4n) is 3.96. The fraction of sp³-hybridized carbons (Fsp3) is 0.333. The van der Waals surface area contributed by atoms with Gasteiger partial charge in [-0.15, -0.1) is 11.8 Å². The van der Waals surface area contributed by atoms with Gasteiger partial charge in [-0.25, -0.2) is 4.39 Å². The van der Waals surface area contributed by atoms with E-state index < -0.39 is 17.4 Å². The number of nitrogens with zero attached hydrogens (tertiary/aromatic N) is 1. The van der Waals surface area contributed by atoms with Crippen molar-refractivity contribution in [2.45, 2.75) is 58.0 Å². The van der Waals surface area contributed by atoms with E-state index in [0.29, 0.717) is 17.7 Å². The molecule has 0 saturated heterocycles. The molecule has 0 aliphatic carbocycles. The van der Waals surface area contributed by atoms with Crippen molar-refractivity contribution < 1.29 is 14.0 Å². The normalized spacial score (nSPS) is 12.1. The van der Waals surface area contributed by atoms with E-state index >= 15 is 0 Å². The van der Waals surface area contributed by atoms with Gasteiger partial charge in [0.1, 0.15) is 11.9 Å². The molecule has 36 heavy (non-hydrogen) atoms. The molecule has 6 heteroatoms. The van der Waals surface area contributed by atoms with E-state index in [4.69, 9.17) is 0 Å². The molecular weight excluding hydrogens is 471 g/mol. The van der Waals surface area contributed by atoms with E-state index in [0.717, 1.165) is 11.1 Å².